The van der Waals surface area contributed by atoms with Crippen molar-refractivity contribution in [1.82, 2.24) is 20.6 Å². The van der Waals surface area contributed by atoms with E-state index in [1.165, 1.54) is 0 Å². The molecule has 2 aromatic rings. The number of H-pyrrole nitrogens is 1. The summed E-state index contributed by atoms with van der Waals surface area (Å²) in [4.78, 5) is 11.6. The molecular formula is C9H8ClN5O. The fourth-order valence-electron chi connectivity index (χ4n) is 1.22. The van der Waals surface area contributed by atoms with Gasteiger partial charge in [0.1, 0.15) is 0 Å². The Kier molecular flexibility index (Phi) is 2.82. The molecule has 7 heteroatoms. The van der Waals surface area contributed by atoms with Crippen molar-refractivity contribution < 1.29 is 4.79 Å². The van der Waals surface area contributed by atoms with Gasteiger partial charge in [0, 0.05) is 0 Å². The molecule has 0 spiro atoms. The highest BCUT2D eigenvalue weighted by Gasteiger charge is 2.13. The highest BCUT2D eigenvalue weighted by molar-refractivity contribution is 6.34. The summed E-state index contributed by atoms with van der Waals surface area (Å²) in [6.45, 7) is 1.84. The number of carbonyl (C=O) groups is 1. The average Bonchev–Trinajstić information content (AvgIpc) is 2.76. The molecule has 0 aliphatic rings. The molecule has 1 aromatic heterocycles. The topological polar surface area (TPSA) is 83.6 Å². The Morgan fingerprint density at radius 3 is 2.94 bits per heavy atom. The summed E-state index contributed by atoms with van der Waals surface area (Å²) in [7, 11) is 0. The van der Waals surface area contributed by atoms with Crippen LogP contribution in [0.4, 0.5) is 5.69 Å². The second-order valence-corrected chi connectivity index (χ2v) is 3.53. The van der Waals surface area contributed by atoms with Gasteiger partial charge in [0.05, 0.1) is 10.7 Å². The van der Waals surface area contributed by atoms with Crippen LogP contribution >= 0.6 is 11.6 Å². The summed E-state index contributed by atoms with van der Waals surface area (Å²) in [5.41, 5.74) is 1.42. The number of nitrogens with one attached hydrogen (secondary N) is 2. The van der Waals surface area contributed by atoms with Gasteiger partial charge in [-0.2, -0.15) is 5.21 Å². The summed E-state index contributed by atoms with van der Waals surface area (Å²) in [5.74, 6) is -0.482. The summed E-state index contributed by atoms with van der Waals surface area (Å²) >= 11 is 5.96. The van der Waals surface area contributed by atoms with Gasteiger partial charge in [-0.25, -0.2) is 0 Å². The van der Waals surface area contributed by atoms with Crippen molar-refractivity contribution in [3.8, 4) is 0 Å². The molecule has 1 heterocycles. The number of anilines is 1. The number of tetrazole rings is 1. The average molecular weight is 238 g/mol. The van der Waals surface area contributed by atoms with E-state index in [0.29, 0.717) is 10.7 Å². The number of para-hydroxylation sites is 1. The lowest BCUT2D eigenvalue weighted by atomic mass is 10.2. The van der Waals surface area contributed by atoms with Crippen LogP contribution in [0.5, 0.6) is 0 Å². The van der Waals surface area contributed by atoms with Gasteiger partial charge >= 0.3 is 0 Å². The summed E-state index contributed by atoms with van der Waals surface area (Å²) in [5, 5.41) is 15.7. The number of rotatable bonds is 2. The fourth-order valence-corrected chi connectivity index (χ4v) is 1.49. The first kappa shape index (κ1) is 10.6. The van der Waals surface area contributed by atoms with E-state index in [-0.39, 0.29) is 5.82 Å². The first-order valence-electron chi connectivity index (χ1n) is 4.48. The molecule has 1 amide bonds. The standard InChI is InChI=1S/C9H8ClN5O/c1-5-3-2-4-6(10)7(5)11-9(16)8-12-14-15-13-8/h2-4H,1H3,(H,11,16)(H,12,13,14,15). The van der Waals surface area contributed by atoms with Crippen LogP contribution in [0, 0.1) is 6.92 Å². The van der Waals surface area contributed by atoms with E-state index in [1.807, 2.05) is 19.1 Å². The van der Waals surface area contributed by atoms with Gasteiger partial charge < -0.3 is 5.32 Å². The highest BCUT2D eigenvalue weighted by atomic mass is 35.5. The number of aromatic amines is 1. The van der Waals surface area contributed by atoms with Gasteiger partial charge in [-0.3, -0.25) is 4.79 Å². The molecule has 0 saturated carbocycles. The van der Waals surface area contributed by atoms with Gasteiger partial charge in [-0.1, -0.05) is 23.7 Å². The number of hydrogen-bond donors (Lipinski definition) is 2. The highest BCUT2D eigenvalue weighted by Crippen LogP contribution is 2.25. The minimum absolute atomic E-state index is 0.0284. The Bertz CT molecular complexity index is 490. The molecule has 2 rings (SSSR count). The first-order valence-corrected chi connectivity index (χ1v) is 4.86. The van der Waals surface area contributed by atoms with Crippen LogP contribution in [-0.4, -0.2) is 26.5 Å². The maximum atomic E-state index is 11.6. The molecule has 0 atom stereocenters. The molecular weight excluding hydrogens is 230 g/mol. The third-order valence-electron chi connectivity index (χ3n) is 2.01. The Balaban J connectivity index is 2.25. The molecule has 0 aliphatic carbocycles. The largest absolute Gasteiger partial charge is 0.318 e. The van der Waals surface area contributed by atoms with E-state index < -0.39 is 5.91 Å². The summed E-state index contributed by atoms with van der Waals surface area (Å²) < 4.78 is 0. The molecule has 0 bridgehead atoms. The SMILES string of the molecule is Cc1cccc(Cl)c1NC(=O)c1nn[nH]n1. The van der Waals surface area contributed by atoms with Crippen LogP contribution in [0.2, 0.25) is 5.02 Å². The lowest BCUT2D eigenvalue weighted by Gasteiger charge is -2.07. The number of benzene rings is 1. The molecule has 82 valence electrons. The number of hydrogen-bond acceptors (Lipinski definition) is 4. The van der Waals surface area contributed by atoms with Crippen molar-refractivity contribution in [2.75, 3.05) is 5.32 Å². The number of carbonyl (C=O) groups excluding carboxylic acids is 1. The maximum absolute atomic E-state index is 11.6. The van der Waals surface area contributed by atoms with Crippen molar-refractivity contribution in [2.24, 2.45) is 0 Å². The Labute approximate surface area is 96.0 Å². The molecule has 0 saturated heterocycles. The number of halogens is 1. The Morgan fingerprint density at radius 1 is 1.50 bits per heavy atom. The number of aryl methyl sites for hydroxylation is 1. The normalized spacial score (nSPS) is 10.1. The maximum Gasteiger partial charge on any atom is 0.297 e. The van der Waals surface area contributed by atoms with Crippen molar-refractivity contribution in [2.45, 2.75) is 6.92 Å². The predicted octanol–water partition coefficient (Wildman–Crippen LogP) is 1.41. The first-order chi connectivity index (χ1) is 7.68. The molecule has 6 nitrogen and oxygen atoms in total. The van der Waals surface area contributed by atoms with E-state index in [4.69, 9.17) is 11.6 Å². The zero-order chi connectivity index (χ0) is 11.5. The third-order valence-corrected chi connectivity index (χ3v) is 2.32. The van der Waals surface area contributed by atoms with E-state index in [2.05, 4.69) is 25.9 Å². The van der Waals surface area contributed by atoms with E-state index in [1.54, 1.807) is 6.07 Å². The minimum Gasteiger partial charge on any atom is -0.318 e. The van der Waals surface area contributed by atoms with Gasteiger partial charge in [0.25, 0.3) is 11.7 Å². The van der Waals surface area contributed by atoms with Crippen LogP contribution in [0.3, 0.4) is 0 Å². The third kappa shape index (κ3) is 2.01. The molecule has 2 N–H and O–H groups in total. The number of aromatic nitrogens is 4. The van der Waals surface area contributed by atoms with E-state index in [9.17, 15) is 4.79 Å². The fraction of sp³-hybridized carbons (Fsp3) is 0.111. The molecule has 0 fully saturated rings. The second kappa shape index (κ2) is 4.28. The van der Waals surface area contributed by atoms with Crippen molar-refractivity contribution in [1.29, 1.82) is 0 Å². The Hall–Kier alpha value is -1.95. The van der Waals surface area contributed by atoms with Gasteiger partial charge in [0.2, 0.25) is 0 Å². The molecule has 16 heavy (non-hydrogen) atoms. The van der Waals surface area contributed by atoms with Gasteiger partial charge in [-0.15, -0.1) is 10.2 Å². The number of amides is 1. The van der Waals surface area contributed by atoms with Crippen LogP contribution in [0.15, 0.2) is 18.2 Å². The summed E-state index contributed by atoms with van der Waals surface area (Å²) in [6.07, 6.45) is 0. The molecule has 1 aromatic carbocycles. The van der Waals surface area contributed by atoms with Crippen LogP contribution in [-0.2, 0) is 0 Å². The number of nitrogens with zero attached hydrogens (tertiary/aromatic N) is 3. The smallest absolute Gasteiger partial charge is 0.297 e. The zero-order valence-electron chi connectivity index (χ0n) is 8.36. The molecule has 0 aliphatic heterocycles. The lowest BCUT2D eigenvalue weighted by molar-refractivity contribution is 0.101. The zero-order valence-corrected chi connectivity index (χ0v) is 9.12. The van der Waals surface area contributed by atoms with Crippen LogP contribution < -0.4 is 5.32 Å². The van der Waals surface area contributed by atoms with E-state index in [0.717, 1.165) is 5.56 Å². The second-order valence-electron chi connectivity index (χ2n) is 3.12. The van der Waals surface area contributed by atoms with Crippen molar-refractivity contribution >= 4 is 23.2 Å². The monoisotopic (exact) mass is 237 g/mol. The van der Waals surface area contributed by atoms with Crippen molar-refractivity contribution in [3.63, 3.8) is 0 Å². The molecule has 0 unspecified atom stereocenters. The quantitative estimate of drug-likeness (QED) is 0.827. The summed E-state index contributed by atoms with van der Waals surface area (Å²) in [6, 6.07) is 5.35. The Morgan fingerprint density at radius 2 is 2.31 bits per heavy atom. The van der Waals surface area contributed by atoms with Gasteiger partial charge in [0.15, 0.2) is 0 Å². The lowest BCUT2D eigenvalue weighted by Crippen LogP contribution is -2.15. The minimum atomic E-state index is -0.454. The van der Waals surface area contributed by atoms with Crippen molar-refractivity contribution in [3.05, 3.63) is 34.6 Å². The van der Waals surface area contributed by atoms with E-state index >= 15 is 0 Å². The predicted molar refractivity (Wildman–Crippen MR) is 58.3 cm³/mol. The molecule has 0 radical (unpaired) electrons. The van der Waals surface area contributed by atoms with Gasteiger partial charge in [-0.05, 0) is 23.8 Å². The van der Waals surface area contributed by atoms with Crippen LogP contribution in [0.25, 0.3) is 0 Å². The van der Waals surface area contributed by atoms with Crippen LogP contribution in [0.1, 0.15) is 16.2 Å².